The Balaban J connectivity index is 1.66. The first-order valence-corrected chi connectivity index (χ1v) is 8.80. The smallest absolute Gasteiger partial charge is 0.372 e. The van der Waals surface area contributed by atoms with Crippen LogP contribution in [0.1, 0.15) is 18.4 Å². The molecule has 5 nitrogen and oxygen atoms in total. The fraction of sp³-hybridized carbons (Fsp3) is 0.611. The molecule has 1 aromatic carbocycles. The zero-order valence-electron chi connectivity index (χ0n) is 15.3. The van der Waals surface area contributed by atoms with Gasteiger partial charge in [-0.15, -0.1) is 0 Å². The summed E-state index contributed by atoms with van der Waals surface area (Å²) in [6.45, 7) is 3.31. The minimum atomic E-state index is -4.27. The molecule has 0 bridgehead atoms. The van der Waals surface area contributed by atoms with E-state index in [0.29, 0.717) is 18.9 Å². The molecule has 1 aliphatic heterocycles. The van der Waals surface area contributed by atoms with E-state index in [0.717, 1.165) is 19.5 Å². The number of hydrogen-bond donors (Lipinski definition) is 2. The number of anilines is 1. The van der Waals surface area contributed by atoms with E-state index in [4.69, 9.17) is 0 Å². The van der Waals surface area contributed by atoms with Gasteiger partial charge in [0.15, 0.2) is 5.96 Å². The van der Waals surface area contributed by atoms with Crippen molar-refractivity contribution in [3.63, 3.8) is 0 Å². The summed E-state index contributed by atoms with van der Waals surface area (Å²) in [4.78, 5) is 6.50. The number of aliphatic imine (C=N–C) groups is 1. The number of guanidine groups is 1. The van der Waals surface area contributed by atoms with Gasteiger partial charge < -0.3 is 20.3 Å². The molecule has 1 atom stereocenters. The second kappa shape index (κ2) is 9.66. The molecule has 146 valence electrons. The lowest BCUT2D eigenvalue weighted by Crippen LogP contribution is -2.45. The first-order valence-electron chi connectivity index (χ1n) is 8.80. The maximum absolute atomic E-state index is 12.0. The van der Waals surface area contributed by atoms with Gasteiger partial charge in [0.2, 0.25) is 0 Å². The largest absolute Gasteiger partial charge is 0.411 e. The quantitative estimate of drug-likeness (QED) is 0.439. The zero-order valence-corrected chi connectivity index (χ0v) is 15.3. The average Bonchev–Trinajstić information content (AvgIpc) is 3.05. The van der Waals surface area contributed by atoms with Crippen molar-refractivity contribution in [2.24, 2.45) is 4.99 Å². The van der Waals surface area contributed by atoms with Crippen LogP contribution in [-0.4, -0.2) is 58.1 Å². The van der Waals surface area contributed by atoms with Crippen molar-refractivity contribution in [3.05, 3.63) is 29.8 Å². The van der Waals surface area contributed by atoms with Crippen molar-refractivity contribution in [3.8, 4) is 0 Å². The van der Waals surface area contributed by atoms with Gasteiger partial charge >= 0.3 is 6.18 Å². The Morgan fingerprint density at radius 1 is 1.31 bits per heavy atom. The fourth-order valence-electron chi connectivity index (χ4n) is 2.83. The van der Waals surface area contributed by atoms with Crippen LogP contribution in [0.3, 0.4) is 0 Å². The van der Waals surface area contributed by atoms with Crippen molar-refractivity contribution in [1.29, 1.82) is 0 Å². The van der Waals surface area contributed by atoms with Crippen LogP contribution in [0, 0.1) is 6.92 Å². The van der Waals surface area contributed by atoms with Crippen molar-refractivity contribution < 1.29 is 17.9 Å². The molecule has 0 aromatic heterocycles. The number of alkyl halides is 3. The van der Waals surface area contributed by atoms with Crippen molar-refractivity contribution in [2.45, 2.75) is 32.0 Å². The summed E-state index contributed by atoms with van der Waals surface area (Å²) in [5.74, 6) is 0.663. The Morgan fingerprint density at radius 3 is 2.69 bits per heavy atom. The Labute approximate surface area is 152 Å². The number of hydrogen-bond acceptors (Lipinski definition) is 3. The second-order valence-electron chi connectivity index (χ2n) is 6.43. The summed E-state index contributed by atoms with van der Waals surface area (Å²) in [5.41, 5.74) is 2.45. The van der Waals surface area contributed by atoms with Crippen LogP contribution in [-0.2, 0) is 4.74 Å². The number of rotatable bonds is 7. The minimum Gasteiger partial charge on any atom is -0.372 e. The third-order valence-electron chi connectivity index (χ3n) is 4.18. The molecule has 1 heterocycles. The normalized spacial score (nSPS) is 18.3. The molecule has 0 aliphatic carbocycles. The van der Waals surface area contributed by atoms with Crippen LogP contribution in [0.5, 0.6) is 0 Å². The highest BCUT2D eigenvalue weighted by atomic mass is 19.4. The van der Waals surface area contributed by atoms with E-state index < -0.39 is 12.8 Å². The van der Waals surface area contributed by atoms with E-state index in [2.05, 4.69) is 56.5 Å². The van der Waals surface area contributed by atoms with Gasteiger partial charge in [0, 0.05) is 45.0 Å². The molecule has 1 aromatic rings. The Morgan fingerprint density at radius 2 is 2.04 bits per heavy atom. The van der Waals surface area contributed by atoms with Crippen LogP contribution in [0.4, 0.5) is 18.9 Å². The summed E-state index contributed by atoms with van der Waals surface area (Å²) in [7, 11) is 1.68. The van der Waals surface area contributed by atoms with Gasteiger partial charge in [0.1, 0.15) is 6.61 Å². The van der Waals surface area contributed by atoms with Gasteiger partial charge in [0.05, 0.1) is 0 Å². The van der Waals surface area contributed by atoms with E-state index in [9.17, 15) is 13.2 Å². The van der Waals surface area contributed by atoms with Gasteiger partial charge in [-0.25, -0.2) is 0 Å². The molecule has 1 saturated heterocycles. The fourth-order valence-corrected chi connectivity index (χ4v) is 2.83. The lowest BCUT2D eigenvalue weighted by molar-refractivity contribution is -0.173. The van der Waals surface area contributed by atoms with Gasteiger partial charge in [0.25, 0.3) is 0 Å². The Bertz CT molecular complexity index is 575. The Kier molecular flexibility index (Phi) is 7.56. The molecule has 0 spiro atoms. The molecular weight excluding hydrogens is 345 g/mol. The van der Waals surface area contributed by atoms with E-state index in [-0.39, 0.29) is 12.6 Å². The molecular formula is C18H27F3N4O. The average molecular weight is 372 g/mol. The summed E-state index contributed by atoms with van der Waals surface area (Å²) in [6.07, 6.45) is -2.78. The Hall–Kier alpha value is -1.96. The highest BCUT2D eigenvalue weighted by Crippen LogP contribution is 2.20. The second-order valence-corrected chi connectivity index (χ2v) is 6.43. The van der Waals surface area contributed by atoms with Crippen molar-refractivity contribution in [1.82, 2.24) is 10.6 Å². The predicted molar refractivity (Wildman–Crippen MR) is 97.8 cm³/mol. The topological polar surface area (TPSA) is 48.9 Å². The van der Waals surface area contributed by atoms with Gasteiger partial charge in [-0.1, -0.05) is 17.7 Å². The minimum absolute atomic E-state index is 0.0636. The standard InChI is InChI=1S/C18H27F3N4O/c1-14-4-6-16(7-5-14)25-10-8-15(12-25)24-17(22-2)23-9-3-11-26-13-18(19,20)21/h4-7,15H,3,8-13H2,1-2H3,(H2,22,23,24). The summed E-state index contributed by atoms with van der Waals surface area (Å²) < 4.78 is 40.5. The number of nitrogens with zero attached hydrogens (tertiary/aromatic N) is 2. The SMILES string of the molecule is CN=C(NCCCOCC(F)(F)F)NC1CCN(c2ccc(C)cc2)C1. The van der Waals surface area contributed by atoms with E-state index in [1.54, 1.807) is 7.05 Å². The maximum Gasteiger partial charge on any atom is 0.411 e. The van der Waals surface area contributed by atoms with Crippen molar-refractivity contribution in [2.75, 3.05) is 44.8 Å². The van der Waals surface area contributed by atoms with Crippen LogP contribution in [0.25, 0.3) is 0 Å². The molecule has 2 N–H and O–H groups in total. The monoisotopic (exact) mass is 372 g/mol. The molecule has 26 heavy (non-hydrogen) atoms. The first kappa shape index (κ1) is 20.4. The van der Waals surface area contributed by atoms with Gasteiger partial charge in [-0.05, 0) is 31.9 Å². The van der Waals surface area contributed by atoms with Crippen LogP contribution < -0.4 is 15.5 Å². The molecule has 1 unspecified atom stereocenters. The summed E-state index contributed by atoms with van der Waals surface area (Å²) in [6, 6.07) is 8.76. The third-order valence-corrected chi connectivity index (χ3v) is 4.18. The maximum atomic E-state index is 12.0. The predicted octanol–water partition coefficient (Wildman–Crippen LogP) is 2.71. The molecule has 1 aliphatic rings. The van der Waals surface area contributed by atoms with Crippen LogP contribution >= 0.6 is 0 Å². The highest BCUT2D eigenvalue weighted by Gasteiger charge is 2.27. The molecule has 1 fully saturated rings. The van der Waals surface area contributed by atoms with E-state index in [1.807, 2.05) is 0 Å². The third kappa shape index (κ3) is 7.11. The summed E-state index contributed by atoms with van der Waals surface area (Å²) >= 11 is 0. The molecule has 0 radical (unpaired) electrons. The number of halogens is 3. The molecule has 0 amide bonds. The van der Waals surface area contributed by atoms with E-state index >= 15 is 0 Å². The number of ether oxygens (including phenoxy) is 1. The highest BCUT2D eigenvalue weighted by molar-refractivity contribution is 5.80. The van der Waals surface area contributed by atoms with Crippen LogP contribution in [0.15, 0.2) is 29.3 Å². The van der Waals surface area contributed by atoms with Gasteiger partial charge in [-0.3, -0.25) is 4.99 Å². The lowest BCUT2D eigenvalue weighted by atomic mass is 10.2. The van der Waals surface area contributed by atoms with Gasteiger partial charge in [-0.2, -0.15) is 13.2 Å². The van der Waals surface area contributed by atoms with Crippen LogP contribution in [0.2, 0.25) is 0 Å². The molecule has 0 saturated carbocycles. The number of benzene rings is 1. The first-order chi connectivity index (χ1) is 12.4. The number of aryl methyl sites for hydroxylation is 1. The zero-order chi connectivity index (χ0) is 19.0. The van der Waals surface area contributed by atoms with E-state index in [1.165, 1.54) is 11.3 Å². The van der Waals surface area contributed by atoms with Crippen molar-refractivity contribution >= 4 is 11.6 Å². The summed E-state index contributed by atoms with van der Waals surface area (Å²) in [5, 5.41) is 6.48. The number of nitrogens with one attached hydrogen (secondary N) is 2. The molecule has 2 rings (SSSR count). The molecule has 8 heteroatoms. The lowest BCUT2D eigenvalue weighted by Gasteiger charge is -2.20.